The molecule has 3 aromatic rings. The molecule has 150 valence electrons. The van der Waals surface area contributed by atoms with Crippen molar-refractivity contribution in [3.8, 4) is 0 Å². The van der Waals surface area contributed by atoms with Crippen molar-refractivity contribution in [3.63, 3.8) is 0 Å². The molecular weight excluding hydrogens is 386 g/mol. The Balaban J connectivity index is 1.50. The van der Waals surface area contributed by atoms with Crippen molar-refractivity contribution < 1.29 is 14.3 Å². The van der Waals surface area contributed by atoms with Gasteiger partial charge in [0, 0.05) is 24.6 Å². The third kappa shape index (κ3) is 6.22. The molecule has 3 rings (SSSR count). The highest BCUT2D eigenvalue weighted by Crippen LogP contribution is 2.18. The van der Waals surface area contributed by atoms with E-state index >= 15 is 0 Å². The molecule has 7 heteroatoms. The molecule has 0 fully saturated rings. The zero-order valence-corrected chi connectivity index (χ0v) is 17.0. The summed E-state index contributed by atoms with van der Waals surface area (Å²) in [6, 6.07) is 16.8. The van der Waals surface area contributed by atoms with Gasteiger partial charge < -0.3 is 14.6 Å². The number of imidazole rings is 1. The Morgan fingerprint density at radius 2 is 1.86 bits per heavy atom. The molecule has 0 bridgehead atoms. The highest BCUT2D eigenvalue weighted by atomic mass is 32.2. The maximum absolute atomic E-state index is 12.3. The number of hydrogen-bond acceptors (Lipinski definition) is 5. The maximum atomic E-state index is 12.3. The lowest BCUT2D eigenvalue weighted by Gasteiger charge is -2.09. The molecule has 6 nitrogen and oxygen atoms in total. The number of aromatic nitrogens is 2. The van der Waals surface area contributed by atoms with E-state index in [9.17, 15) is 9.59 Å². The third-order valence-corrected chi connectivity index (χ3v) is 5.05. The second-order valence-corrected chi connectivity index (χ2v) is 7.32. The number of benzene rings is 2. The molecule has 29 heavy (non-hydrogen) atoms. The number of nitrogens with zero attached hydrogens (tertiary/aromatic N) is 2. The van der Waals surface area contributed by atoms with Gasteiger partial charge in [-0.2, -0.15) is 0 Å². The van der Waals surface area contributed by atoms with Crippen LogP contribution in [0.15, 0.2) is 72.1 Å². The summed E-state index contributed by atoms with van der Waals surface area (Å²) in [6.07, 6.45) is 4.42. The minimum atomic E-state index is -0.356. The van der Waals surface area contributed by atoms with Crippen LogP contribution in [0.25, 0.3) is 0 Å². The predicted octanol–water partition coefficient (Wildman–Crippen LogP) is 4.23. The first-order valence-corrected chi connectivity index (χ1v) is 10.4. The van der Waals surface area contributed by atoms with Crippen LogP contribution in [0.2, 0.25) is 0 Å². The number of rotatable bonds is 9. The molecule has 0 aliphatic heterocycles. The van der Waals surface area contributed by atoms with Gasteiger partial charge in [-0.1, -0.05) is 49.0 Å². The summed E-state index contributed by atoms with van der Waals surface area (Å²) in [5.74, 6) is -0.248. The molecule has 0 aliphatic rings. The number of carbonyl (C=O) groups excluding carboxylic acids is 2. The minimum absolute atomic E-state index is 0.134. The fourth-order valence-corrected chi connectivity index (χ4v) is 3.39. The lowest BCUT2D eigenvalue weighted by Crippen LogP contribution is -2.15. The lowest BCUT2D eigenvalue weighted by molar-refractivity contribution is -0.113. The average molecular weight is 410 g/mol. The van der Waals surface area contributed by atoms with Crippen molar-refractivity contribution in [2.75, 3.05) is 17.7 Å². The lowest BCUT2D eigenvalue weighted by atomic mass is 10.2. The maximum Gasteiger partial charge on any atom is 0.338 e. The fraction of sp³-hybridized carbons (Fsp3) is 0.227. The van der Waals surface area contributed by atoms with Crippen LogP contribution in [0.5, 0.6) is 0 Å². The number of hydrogen-bond donors (Lipinski definition) is 1. The average Bonchev–Trinajstić information content (AvgIpc) is 3.18. The van der Waals surface area contributed by atoms with Crippen LogP contribution in [-0.2, 0) is 16.1 Å². The molecule has 1 N–H and O–H groups in total. The Morgan fingerprint density at radius 3 is 2.59 bits per heavy atom. The first kappa shape index (κ1) is 20.7. The van der Waals surface area contributed by atoms with Gasteiger partial charge in [0.2, 0.25) is 5.91 Å². The van der Waals surface area contributed by atoms with Gasteiger partial charge in [-0.05, 0) is 36.2 Å². The van der Waals surface area contributed by atoms with Gasteiger partial charge in [-0.3, -0.25) is 4.79 Å². The van der Waals surface area contributed by atoms with E-state index in [2.05, 4.69) is 22.4 Å². The summed E-state index contributed by atoms with van der Waals surface area (Å²) in [5.41, 5.74) is 2.28. The largest absolute Gasteiger partial charge is 0.462 e. The van der Waals surface area contributed by atoms with E-state index < -0.39 is 0 Å². The number of ether oxygens (including phenoxy) is 1. The van der Waals surface area contributed by atoms with Crippen molar-refractivity contribution >= 4 is 29.3 Å². The summed E-state index contributed by atoms with van der Waals surface area (Å²) in [6.45, 7) is 3.05. The minimum Gasteiger partial charge on any atom is -0.462 e. The Bertz CT molecular complexity index is 939. The van der Waals surface area contributed by atoms with Gasteiger partial charge in [0.1, 0.15) is 0 Å². The summed E-state index contributed by atoms with van der Waals surface area (Å²) in [7, 11) is 0. The molecule has 0 saturated carbocycles. The Labute approximate surface area is 174 Å². The number of carbonyl (C=O) groups is 2. The SMILES string of the molecule is CCCOC(=O)c1ccc(NC(=O)CSc2nccn2Cc2ccccc2)cc1. The van der Waals surface area contributed by atoms with E-state index in [1.165, 1.54) is 17.3 Å². The molecule has 1 amide bonds. The van der Waals surface area contributed by atoms with E-state index in [1.54, 1.807) is 30.5 Å². The Hall–Kier alpha value is -3.06. The standard InChI is InChI=1S/C22H23N3O3S/c1-2-14-28-21(27)18-8-10-19(11-9-18)24-20(26)16-29-22-23-12-13-25(22)15-17-6-4-3-5-7-17/h3-13H,2,14-16H2,1H3,(H,24,26). The quantitative estimate of drug-likeness (QED) is 0.423. The number of thioether (sulfide) groups is 1. The van der Waals surface area contributed by atoms with Gasteiger partial charge in [0.05, 0.1) is 17.9 Å². The predicted molar refractivity (Wildman–Crippen MR) is 114 cm³/mol. The molecule has 0 radical (unpaired) electrons. The first-order valence-electron chi connectivity index (χ1n) is 9.40. The van der Waals surface area contributed by atoms with Gasteiger partial charge in [0.25, 0.3) is 0 Å². The van der Waals surface area contributed by atoms with Crippen LogP contribution in [-0.4, -0.2) is 33.8 Å². The molecular formula is C22H23N3O3S. The van der Waals surface area contributed by atoms with Gasteiger partial charge in [0.15, 0.2) is 5.16 Å². The van der Waals surface area contributed by atoms with Crippen LogP contribution in [0.3, 0.4) is 0 Å². The van der Waals surface area contributed by atoms with Crippen molar-refractivity contribution in [1.29, 1.82) is 0 Å². The zero-order valence-electron chi connectivity index (χ0n) is 16.2. The number of nitrogens with one attached hydrogen (secondary N) is 1. The number of amides is 1. The van der Waals surface area contributed by atoms with Crippen LogP contribution >= 0.6 is 11.8 Å². The second-order valence-electron chi connectivity index (χ2n) is 6.37. The van der Waals surface area contributed by atoms with Crippen molar-refractivity contribution in [2.24, 2.45) is 0 Å². The first-order chi connectivity index (χ1) is 14.2. The summed E-state index contributed by atoms with van der Waals surface area (Å²) >= 11 is 1.38. The van der Waals surface area contributed by atoms with Crippen LogP contribution < -0.4 is 5.32 Å². The van der Waals surface area contributed by atoms with Crippen LogP contribution in [0.4, 0.5) is 5.69 Å². The molecule has 0 atom stereocenters. The number of anilines is 1. The summed E-state index contributed by atoms with van der Waals surface area (Å²) in [5, 5.41) is 3.62. The van der Waals surface area contributed by atoms with Crippen molar-refractivity contribution in [1.82, 2.24) is 9.55 Å². The smallest absolute Gasteiger partial charge is 0.338 e. The van der Waals surface area contributed by atoms with E-state index in [-0.39, 0.29) is 17.6 Å². The zero-order chi connectivity index (χ0) is 20.5. The molecule has 2 aromatic carbocycles. The fourth-order valence-electron chi connectivity index (χ4n) is 2.63. The second kappa shape index (κ2) is 10.5. The van der Waals surface area contributed by atoms with Crippen LogP contribution in [0, 0.1) is 0 Å². The Morgan fingerprint density at radius 1 is 1.10 bits per heavy atom. The topological polar surface area (TPSA) is 73.2 Å². The molecule has 0 aliphatic carbocycles. The molecule has 0 saturated heterocycles. The van der Waals surface area contributed by atoms with Gasteiger partial charge >= 0.3 is 5.97 Å². The monoisotopic (exact) mass is 409 g/mol. The highest BCUT2D eigenvalue weighted by molar-refractivity contribution is 7.99. The van der Waals surface area contributed by atoms with E-state index in [4.69, 9.17) is 4.74 Å². The highest BCUT2D eigenvalue weighted by Gasteiger charge is 2.10. The van der Waals surface area contributed by atoms with E-state index in [0.717, 1.165) is 11.6 Å². The molecule has 1 aromatic heterocycles. The van der Waals surface area contributed by atoms with Gasteiger partial charge in [-0.15, -0.1) is 0 Å². The number of esters is 1. The van der Waals surface area contributed by atoms with Crippen molar-refractivity contribution in [2.45, 2.75) is 25.0 Å². The molecule has 1 heterocycles. The van der Waals surface area contributed by atoms with Gasteiger partial charge in [-0.25, -0.2) is 9.78 Å². The molecule has 0 spiro atoms. The summed E-state index contributed by atoms with van der Waals surface area (Å²) < 4.78 is 7.11. The van der Waals surface area contributed by atoms with E-state index in [1.807, 2.05) is 35.9 Å². The van der Waals surface area contributed by atoms with Crippen LogP contribution in [0.1, 0.15) is 29.3 Å². The third-order valence-electron chi connectivity index (χ3n) is 4.05. The normalized spacial score (nSPS) is 10.5. The van der Waals surface area contributed by atoms with E-state index in [0.29, 0.717) is 24.4 Å². The molecule has 0 unspecified atom stereocenters. The Kier molecular flexibility index (Phi) is 7.47. The summed E-state index contributed by atoms with van der Waals surface area (Å²) in [4.78, 5) is 28.4. The van der Waals surface area contributed by atoms with Crippen molar-refractivity contribution in [3.05, 3.63) is 78.1 Å².